The maximum absolute atomic E-state index is 13.0. The Labute approximate surface area is 173 Å². The number of carbonyl (C=O) groups is 1. The van der Waals surface area contributed by atoms with Crippen molar-refractivity contribution in [1.29, 1.82) is 0 Å². The Bertz CT molecular complexity index is 971. The Kier molecular flexibility index (Phi) is 7.30. The summed E-state index contributed by atoms with van der Waals surface area (Å²) in [5.74, 6) is 0.248. The van der Waals surface area contributed by atoms with E-state index < -0.39 is 22.0 Å². The fraction of sp³-hybridized carbons (Fsp3) is 0.409. The summed E-state index contributed by atoms with van der Waals surface area (Å²) in [5.41, 5.74) is 3.06. The van der Waals surface area contributed by atoms with Gasteiger partial charge in [-0.15, -0.1) is 0 Å². The van der Waals surface area contributed by atoms with Crippen LogP contribution in [0, 0.1) is 13.8 Å². The number of sulfonamides is 1. The minimum absolute atomic E-state index is 0.00912. The lowest BCUT2D eigenvalue weighted by Gasteiger charge is -2.30. The molecule has 0 saturated carbocycles. The maximum atomic E-state index is 13.0. The van der Waals surface area contributed by atoms with Gasteiger partial charge in [0.15, 0.2) is 0 Å². The van der Waals surface area contributed by atoms with Gasteiger partial charge in [0, 0.05) is 11.8 Å². The van der Waals surface area contributed by atoms with Crippen LogP contribution < -0.4 is 14.4 Å². The van der Waals surface area contributed by atoms with E-state index in [0.717, 1.165) is 17.4 Å². The van der Waals surface area contributed by atoms with Gasteiger partial charge in [0.2, 0.25) is 15.9 Å². The standard InChI is InChI=1S/C22H30N2O4S/c1-7-21(22(25)23-18-9-8-10-20(14-18)28-15(2)3)24(29(6,26)27)19-12-11-16(4)17(5)13-19/h8-15,21H,7H2,1-6H3,(H,23,25)/t21-/m0/s1. The number of rotatable bonds is 8. The Balaban J connectivity index is 2.35. The number of anilines is 2. The second-order valence-electron chi connectivity index (χ2n) is 7.44. The Morgan fingerprint density at radius 1 is 1.10 bits per heavy atom. The molecular formula is C22H30N2O4S. The van der Waals surface area contributed by atoms with Crippen molar-refractivity contribution in [3.05, 3.63) is 53.6 Å². The van der Waals surface area contributed by atoms with E-state index in [0.29, 0.717) is 23.5 Å². The van der Waals surface area contributed by atoms with Crippen LogP contribution in [-0.2, 0) is 14.8 Å². The summed E-state index contributed by atoms with van der Waals surface area (Å²) in [7, 11) is -3.67. The van der Waals surface area contributed by atoms with Gasteiger partial charge in [-0.2, -0.15) is 0 Å². The molecule has 0 aliphatic rings. The highest BCUT2D eigenvalue weighted by atomic mass is 32.2. The van der Waals surface area contributed by atoms with Crippen LogP contribution in [0.1, 0.15) is 38.3 Å². The molecular weight excluding hydrogens is 388 g/mol. The first-order valence-electron chi connectivity index (χ1n) is 9.67. The monoisotopic (exact) mass is 418 g/mol. The number of aryl methyl sites for hydroxylation is 2. The molecule has 0 saturated heterocycles. The lowest BCUT2D eigenvalue weighted by Crippen LogP contribution is -2.47. The van der Waals surface area contributed by atoms with Gasteiger partial charge in [0.05, 0.1) is 18.0 Å². The fourth-order valence-electron chi connectivity index (χ4n) is 3.07. The Morgan fingerprint density at radius 3 is 2.34 bits per heavy atom. The second kappa shape index (κ2) is 9.31. The van der Waals surface area contributed by atoms with Crippen LogP contribution in [-0.4, -0.2) is 32.7 Å². The molecule has 0 aromatic heterocycles. The molecule has 0 aliphatic carbocycles. The number of ether oxygens (including phenoxy) is 1. The zero-order valence-electron chi connectivity index (χ0n) is 17.9. The summed E-state index contributed by atoms with van der Waals surface area (Å²) in [6.45, 7) is 9.51. The van der Waals surface area contributed by atoms with Crippen LogP contribution in [0.2, 0.25) is 0 Å². The largest absolute Gasteiger partial charge is 0.491 e. The van der Waals surface area contributed by atoms with Gasteiger partial charge < -0.3 is 10.1 Å². The third-order valence-electron chi connectivity index (χ3n) is 4.55. The number of hydrogen-bond acceptors (Lipinski definition) is 4. The van der Waals surface area contributed by atoms with Gasteiger partial charge >= 0.3 is 0 Å². The number of benzene rings is 2. The van der Waals surface area contributed by atoms with E-state index in [1.807, 2.05) is 39.8 Å². The first kappa shape index (κ1) is 22.7. The van der Waals surface area contributed by atoms with E-state index in [1.54, 1.807) is 37.3 Å². The van der Waals surface area contributed by atoms with Gasteiger partial charge in [-0.1, -0.05) is 19.1 Å². The average molecular weight is 419 g/mol. The van der Waals surface area contributed by atoms with Crippen molar-refractivity contribution in [2.45, 2.75) is 53.2 Å². The van der Waals surface area contributed by atoms with Gasteiger partial charge in [-0.3, -0.25) is 9.10 Å². The molecule has 0 aliphatic heterocycles. The molecule has 7 heteroatoms. The topological polar surface area (TPSA) is 75.7 Å². The quantitative estimate of drug-likeness (QED) is 0.694. The first-order valence-corrected chi connectivity index (χ1v) is 11.5. The lowest BCUT2D eigenvalue weighted by molar-refractivity contribution is -0.117. The molecule has 0 radical (unpaired) electrons. The van der Waals surface area contributed by atoms with Crippen LogP contribution in [0.15, 0.2) is 42.5 Å². The minimum atomic E-state index is -3.67. The molecule has 2 rings (SSSR count). The number of carbonyl (C=O) groups excluding carboxylic acids is 1. The maximum Gasteiger partial charge on any atom is 0.248 e. The van der Waals surface area contributed by atoms with E-state index in [-0.39, 0.29) is 6.10 Å². The van der Waals surface area contributed by atoms with Crippen molar-refractivity contribution in [1.82, 2.24) is 0 Å². The van der Waals surface area contributed by atoms with Crippen molar-refractivity contribution >= 4 is 27.3 Å². The van der Waals surface area contributed by atoms with Crippen molar-refractivity contribution in [3.63, 3.8) is 0 Å². The van der Waals surface area contributed by atoms with Crippen LogP contribution in [0.5, 0.6) is 5.75 Å². The lowest BCUT2D eigenvalue weighted by atomic mass is 10.1. The number of hydrogen-bond donors (Lipinski definition) is 1. The van der Waals surface area contributed by atoms with Crippen molar-refractivity contribution in [2.24, 2.45) is 0 Å². The summed E-state index contributed by atoms with van der Waals surface area (Å²) in [6, 6.07) is 11.6. The first-order chi connectivity index (χ1) is 13.5. The molecule has 1 N–H and O–H groups in total. The molecule has 2 aromatic carbocycles. The highest BCUT2D eigenvalue weighted by molar-refractivity contribution is 7.92. The van der Waals surface area contributed by atoms with Gasteiger partial charge in [-0.25, -0.2) is 8.42 Å². The van der Waals surface area contributed by atoms with E-state index in [2.05, 4.69) is 5.32 Å². The van der Waals surface area contributed by atoms with Crippen molar-refractivity contribution in [2.75, 3.05) is 15.9 Å². The molecule has 0 fully saturated rings. The number of nitrogens with zero attached hydrogens (tertiary/aromatic N) is 1. The van der Waals surface area contributed by atoms with Crippen LogP contribution in [0.4, 0.5) is 11.4 Å². The molecule has 0 bridgehead atoms. The zero-order chi connectivity index (χ0) is 21.8. The summed E-state index contributed by atoms with van der Waals surface area (Å²) in [6.07, 6.45) is 1.46. The summed E-state index contributed by atoms with van der Waals surface area (Å²) < 4.78 is 32.0. The average Bonchev–Trinajstić information content (AvgIpc) is 2.60. The van der Waals surface area contributed by atoms with Gasteiger partial charge in [0.1, 0.15) is 11.8 Å². The minimum Gasteiger partial charge on any atom is -0.491 e. The van der Waals surface area contributed by atoms with E-state index in [1.165, 1.54) is 4.31 Å². The zero-order valence-corrected chi connectivity index (χ0v) is 18.7. The summed E-state index contributed by atoms with van der Waals surface area (Å²) in [5, 5.41) is 2.83. The molecule has 0 unspecified atom stereocenters. The fourth-order valence-corrected chi connectivity index (χ4v) is 4.27. The van der Waals surface area contributed by atoms with Crippen molar-refractivity contribution < 1.29 is 17.9 Å². The Hall–Kier alpha value is -2.54. The predicted octanol–water partition coefficient (Wildman–Crippen LogP) is 4.27. The highest BCUT2D eigenvalue weighted by Gasteiger charge is 2.31. The van der Waals surface area contributed by atoms with Crippen molar-refractivity contribution in [3.8, 4) is 5.75 Å². The SMILES string of the molecule is CC[C@@H](C(=O)Nc1cccc(OC(C)C)c1)N(c1ccc(C)c(C)c1)S(C)(=O)=O. The number of nitrogens with one attached hydrogen (secondary N) is 1. The molecule has 2 aromatic rings. The molecule has 6 nitrogen and oxygen atoms in total. The third-order valence-corrected chi connectivity index (χ3v) is 5.73. The Morgan fingerprint density at radius 2 is 1.79 bits per heavy atom. The van der Waals surface area contributed by atoms with E-state index >= 15 is 0 Å². The van der Waals surface area contributed by atoms with E-state index in [4.69, 9.17) is 4.74 Å². The van der Waals surface area contributed by atoms with Gasteiger partial charge in [0.25, 0.3) is 0 Å². The molecule has 158 valence electrons. The molecule has 29 heavy (non-hydrogen) atoms. The van der Waals surface area contributed by atoms with Crippen LogP contribution in [0.3, 0.4) is 0 Å². The smallest absolute Gasteiger partial charge is 0.248 e. The summed E-state index contributed by atoms with van der Waals surface area (Å²) >= 11 is 0. The second-order valence-corrected chi connectivity index (χ2v) is 9.29. The normalized spacial score (nSPS) is 12.5. The number of amides is 1. The van der Waals surface area contributed by atoms with Gasteiger partial charge in [-0.05, 0) is 69.5 Å². The highest BCUT2D eigenvalue weighted by Crippen LogP contribution is 2.26. The van der Waals surface area contributed by atoms with E-state index in [9.17, 15) is 13.2 Å². The molecule has 0 heterocycles. The van der Waals surface area contributed by atoms with Crippen LogP contribution >= 0.6 is 0 Å². The molecule has 0 spiro atoms. The van der Waals surface area contributed by atoms with Crippen LogP contribution in [0.25, 0.3) is 0 Å². The predicted molar refractivity (Wildman–Crippen MR) is 118 cm³/mol. The molecule has 1 atom stereocenters. The third kappa shape index (κ3) is 5.97. The molecule has 1 amide bonds. The summed E-state index contributed by atoms with van der Waals surface area (Å²) in [4.78, 5) is 13.0.